The third-order valence-electron chi connectivity index (χ3n) is 4.93. The SMILES string of the molecule is COc1c(Cl)cc(C(=O)N2C[C@@H]3COCC[C@]3(CO)C2)cc1Cl. The topological polar surface area (TPSA) is 59.0 Å². The van der Waals surface area contributed by atoms with Crippen molar-refractivity contribution in [2.24, 2.45) is 11.3 Å². The lowest BCUT2D eigenvalue weighted by Gasteiger charge is -2.36. The molecule has 2 heterocycles. The van der Waals surface area contributed by atoms with Crippen LogP contribution in [0.15, 0.2) is 12.1 Å². The first-order valence-corrected chi connectivity index (χ1v) is 8.27. The molecule has 1 N–H and O–H groups in total. The van der Waals surface area contributed by atoms with Crippen LogP contribution in [0.25, 0.3) is 0 Å². The van der Waals surface area contributed by atoms with Gasteiger partial charge in [0, 0.05) is 36.6 Å². The van der Waals surface area contributed by atoms with Crippen LogP contribution in [0.5, 0.6) is 5.75 Å². The van der Waals surface area contributed by atoms with E-state index in [4.69, 9.17) is 32.7 Å². The summed E-state index contributed by atoms with van der Waals surface area (Å²) < 4.78 is 10.6. The average Bonchev–Trinajstić information content (AvgIpc) is 2.94. The summed E-state index contributed by atoms with van der Waals surface area (Å²) in [7, 11) is 1.48. The van der Waals surface area contributed by atoms with Gasteiger partial charge in [0.1, 0.15) is 0 Å². The molecule has 0 bridgehead atoms. The molecule has 2 fully saturated rings. The molecule has 5 nitrogen and oxygen atoms in total. The first-order chi connectivity index (χ1) is 11.0. The maximum absolute atomic E-state index is 12.8. The van der Waals surface area contributed by atoms with Crippen LogP contribution in [-0.2, 0) is 4.74 Å². The molecule has 0 unspecified atom stereocenters. The fraction of sp³-hybridized carbons (Fsp3) is 0.562. The average molecular weight is 360 g/mol. The summed E-state index contributed by atoms with van der Waals surface area (Å²) in [5, 5.41) is 10.4. The van der Waals surface area contributed by atoms with Crippen LogP contribution in [0, 0.1) is 11.3 Å². The van der Waals surface area contributed by atoms with Crippen molar-refractivity contribution in [3.05, 3.63) is 27.7 Å². The number of carbonyl (C=O) groups is 1. The van der Waals surface area contributed by atoms with E-state index in [0.717, 1.165) is 6.42 Å². The number of hydrogen-bond acceptors (Lipinski definition) is 4. The highest BCUT2D eigenvalue weighted by molar-refractivity contribution is 6.37. The predicted octanol–water partition coefficient (Wildman–Crippen LogP) is 2.47. The van der Waals surface area contributed by atoms with Crippen molar-refractivity contribution in [2.75, 3.05) is 40.0 Å². The van der Waals surface area contributed by atoms with Gasteiger partial charge < -0.3 is 19.5 Å². The summed E-state index contributed by atoms with van der Waals surface area (Å²) in [6.45, 7) is 2.36. The second-order valence-electron chi connectivity index (χ2n) is 6.20. The van der Waals surface area contributed by atoms with Gasteiger partial charge in [-0.05, 0) is 18.6 Å². The van der Waals surface area contributed by atoms with E-state index in [1.807, 2.05) is 0 Å². The zero-order valence-electron chi connectivity index (χ0n) is 12.8. The Balaban J connectivity index is 1.84. The Morgan fingerprint density at radius 1 is 1.48 bits per heavy atom. The van der Waals surface area contributed by atoms with Gasteiger partial charge in [0.15, 0.2) is 5.75 Å². The molecule has 2 aliphatic rings. The summed E-state index contributed by atoms with van der Waals surface area (Å²) in [6.07, 6.45) is 0.766. The van der Waals surface area contributed by atoms with Crippen LogP contribution in [0.3, 0.4) is 0 Å². The van der Waals surface area contributed by atoms with E-state index in [0.29, 0.717) is 47.7 Å². The zero-order chi connectivity index (χ0) is 16.6. The van der Waals surface area contributed by atoms with E-state index in [2.05, 4.69) is 0 Å². The molecule has 3 rings (SSSR count). The number of ether oxygens (including phenoxy) is 2. The molecule has 1 amide bonds. The van der Waals surface area contributed by atoms with Gasteiger partial charge in [0.05, 0.1) is 30.4 Å². The van der Waals surface area contributed by atoms with Gasteiger partial charge in [-0.2, -0.15) is 0 Å². The first kappa shape index (κ1) is 16.8. The minimum atomic E-state index is -0.256. The Hall–Kier alpha value is -1.01. The van der Waals surface area contributed by atoms with Crippen molar-refractivity contribution in [3.8, 4) is 5.75 Å². The normalized spacial score (nSPS) is 27.0. The van der Waals surface area contributed by atoms with E-state index >= 15 is 0 Å². The molecule has 2 atom stereocenters. The van der Waals surface area contributed by atoms with Crippen LogP contribution in [0.4, 0.5) is 0 Å². The van der Waals surface area contributed by atoms with Crippen molar-refractivity contribution >= 4 is 29.1 Å². The Morgan fingerprint density at radius 3 is 2.74 bits per heavy atom. The van der Waals surface area contributed by atoms with Crippen LogP contribution in [0.1, 0.15) is 16.8 Å². The Morgan fingerprint density at radius 2 is 2.17 bits per heavy atom. The van der Waals surface area contributed by atoms with E-state index in [1.54, 1.807) is 17.0 Å². The van der Waals surface area contributed by atoms with E-state index < -0.39 is 0 Å². The standard InChI is InChI=1S/C16H19Cl2NO4/c1-22-14-12(17)4-10(5-13(14)18)15(21)19-6-11-7-23-3-2-16(11,8-19)9-20/h4-5,11,20H,2-3,6-9H2,1H3/t11-,16-/m1/s1. The van der Waals surface area contributed by atoms with E-state index in [9.17, 15) is 9.90 Å². The van der Waals surface area contributed by atoms with Gasteiger partial charge in [0.2, 0.25) is 0 Å². The van der Waals surface area contributed by atoms with Gasteiger partial charge in [-0.3, -0.25) is 4.79 Å². The van der Waals surface area contributed by atoms with Crippen molar-refractivity contribution < 1.29 is 19.4 Å². The maximum atomic E-state index is 12.8. The minimum Gasteiger partial charge on any atom is -0.494 e. The third kappa shape index (κ3) is 2.91. The van der Waals surface area contributed by atoms with Gasteiger partial charge in [0.25, 0.3) is 5.91 Å². The fourth-order valence-corrected chi connectivity index (χ4v) is 4.16. The number of aliphatic hydroxyl groups is 1. The lowest BCUT2D eigenvalue weighted by Crippen LogP contribution is -2.41. The molecule has 0 aromatic heterocycles. The molecule has 7 heteroatoms. The number of nitrogens with zero attached hydrogens (tertiary/aromatic N) is 1. The second-order valence-corrected chi connectivity index (χ2v) is 7.02. The van der Waals surface area contributed by atoms with E-state index in [1.165, 1.54) is 7.11 Å². The highest BCUT2D eigenvalue weighted by atomic mass is 35.5. The van der Waals surface area contributed by atoms with Gasteiger partial charge in [-0.1, -0.05) is 23.2 Å². The second kappa shape index (κ2) is 6.48. The Bertz CT molecular complexity index is 601. The predicted molar refractivity (Wildman–Crippen MR) is 87.4 cm³/mol. The quantitative estimate of drug-likeness (QED) is 0.900. The number of hydrogen-bond donors (Lipinski definition) is 1. The molecular weight excluding hydrogens is 341 g/mol. The summed E-state index contributed by atoms with van der Waals surface area (Å²) in [5.41, 5.74) is 0.169. The summed E-state index contributed by atoms with van der Waals surface area (Å²) in [6, 6.07) is 3.14. The molecule has 0 radical (unpaired) electrons. The smallest absolute Gasteiger partial charge is 0.253 e. The maximum Gasteiger partial charge on any atom is 0.253 e. The van der Waals surface area contributed by atoms with Crippen molar-refractivity contribution in [1.82, 2.24) is 4.90 Å². The van der Waals surface area contributed by atoms with Crippen LogP contribution < -0.4 is 4.74 Å². The summed E-state index contributed by atoms with van der Waals surface area (Å²) in [4.78, 5) is 14.6. The summed E-state index contributed by atoms with van der Waals surface area (Å²) in [5.74, 6) is 0.383. The monoisotopic (exact) mass is 359 g/mol. The Labute approximate surface area is 145 Å². The van der Waals surface area contributed by atoms with Gasteiger partial charge >= 0.3 is 0 Å². The fourth-order valence-electron chi connectivity index (χ4n) is 3.52. The molecule has 2 aliphatic heterocycles. The summed E-state index contributed by atoms with van der Waals surface area (Å²) >= 11 is 12.2. The van der Waals surface area contributed by atoms with Crippen molar-refractivity contribution in [3.63, 3.8) is 0 Å². The molecule has 2 saturated heterocycles. The minimum absolute atomic E-state index is 0.0644. The Kier molecular flexibility index (Phi) is 4.74. The number of halogens is 2. The number of likely N-dealkylation sites (tertiary alicyclic amines) is 1. The van der Waals surface area contributed by atoms with Crippen LogP contribution in [0.2, 0.25) is 10.0 Å². The van der Waals surface area contributed by atoms with Crippen molar-refractivity contribution in [2.45, 2.75) is 6.42 Å². The molecular formula is C16H19Cl2NO4. The van der Waals surface area contributed by atoms with Crippen LogP contribution in [-0.4, -0.2) is 55.9 Å². The van der Waals surface area contributed by atoms with Gasteiger partial charge in [-0.15, -0.1) is 0 Å². The molecule has 23 heavy (non-hydrogen) atoms. The lowest BCUT2D eigenvalue weighted by atomic mass is 9.75. The first-order valence-electron chi connectivity index (χ1n) is 7.51. The molecule has 126 valence electrons. The number of fused-ring (bicyclic) bond motifs is 1. The number of rotatable bonds is 3. The molecule has 1 aromatic carbocycles. The van der Waals surface area contributed by atoms with Gasteiger partial charge in [-0.25, -0.2) is 0 Å². The lowest BCUT2D eigenvalue weighted by molar-refractivity contribution is -0.0415. The number of methoxy groups -OCH3 is 1. The van der Waals surface area contributed by atoms with E-state index in [-0.39, 0.29) is 23.8 Å². The highest BCUT2D eigenvalue weighted by Gasteiger charge is 2.49. The number of aliphatic hydroxyl groups excluding tert-OH is 1. The number of amides is 1. The molecule has 0 aliphatic carbocycles. The molecule has 0 spiro atoms. The number of carbonyl (C=O) groups excluding carboxylic acids is 1. The highest BCUT2D eigenvalue weighted by Crippen LogP contribution is 2.42. The largest absolute Gasteiger partial charge is 0.494 e. The zero-order valence-corrected chi connectivity index (χ0v) is 14.4. The van der Waals surface area contributed by atoms with Crippen molar-refractivity contribution in [1.29, 1.82) is 0 Å². The molecule has 1 aromatic rings. The number of benzene rings is 1. The molecule has 0 saturated carbocycles. The third-order valence-corrected chi connectivity index (χ3v) is 5.49. The van der Waals surface area contributed by atoms with Crippen LogP contribution >= 0.6 is 23.2 Å².